The molecule has 0 aliphatic rings. The van der Waals surface area contributed by atoms with E-state index in [1.807, 2.05) is 0 Å². The zero-order valence-electron chi connectivity index (χ0n) is 10.9. The van der Waals surface area contributed by atoms with Crippen LogP contribution in [0.4, 0.5) is 4.39 Å². The van der Waals surface area contributed by atoms with Crippen LogP contribution in [-0.2, 0) is 4.74 Å². The summed E-state index contributed by atoms with van der Waals surface area (Å²) in [5, 5.41) is 8.07. The first-order chi connectivity index (χ1) is 10.1. The lowest BCUT2D eigenvalue weighted by molar-refractivity contribution is 0.0600. The van der Waals surface area contributed by atoms with E-state index in [0.717, 1.165) is 0 Å². The minimum absolute atomic E-state index is 0.294. The minimum atomic E-state index is -0.463. The molecule has 0 saturated heterocycles. The molecule has 3 rings (SSSR count). The van der Waals surface area contributed by atoms with Gasteiger partial charge in [0.15, 0.2) is 11.5 Å². The van der Waals surface area contributed by atoms with Crippen molar-refractivity contribution in [2.75, 3.05) is 7.11 Å². The highest BCUT2D eigenvalue weighted by Gasteiger charge is 2.15. The van der Waals surface area contributed by atoms with Crippen LogP contribution in [0.2, 0.25) is 0 Å². The van der Waals surface area contributed by atoms with Gasteiger partial charge in [-0.2, -0.15) is 0 Å². The first-order valence-corrected chi connectivity index (χ1v) is 6.78. The third-order valence-electron chi connectivity index (χ3n) is 3.02. The SMILES string of the molecule is COC(=O)c1ccc2nnc(-c3cccc(F)c3Br)n2c1. The Kier molecular flexibility index (Phi) is 3.42. The number of rotatable bonds is 2. The van der Waals surface area contributed by atoms with Crippen LogP contribution >= 0.6 is 15.9 Å². The summed E-state index contributed by atoms with van der Waals surface area (Å²) in [6.07, 6.45) is 1.56. The molecule has 0 radical (unpaired) electrons. The first-order valence-electron chi connectivity index (χ1n) is 5.99. The Balaban J connectivity index is 2.23. The molecule has 0 N–H and O–H groups in total. The summed E-state index contributed by atoms with van der Waals surface area (Å²) < 4.78 is 20.3. The summed E-state index contributed by atoms with van der Waals surface area (Å²) >= 11 is 3.20. The molecule has 0 bridgehead atoms. The van der Waals surface area contributed by atoms with E-state index in [2.05, 4.69) is 30.9 Å². The average molecular weight is 350 g/mol. The summed E-state index contributed by atoms with van der Waals surface area (Å²) in [6.45, 7) is 0. The fourth-order valence-electron chi connectivity index (χ4n) is 1.99. The van der Waals surface area contributed by atoms with Gasteiger partial charge in [0, 0.05) is 11.8 Å². The Bertz CT molecular complexity index is 847. The van der Waals surface area contributed by atoms with Gasteiger partial charge >= 0.3 is 5.97 Å². The fourth-order valence-corrected chi connectivity index (χ4v) is 2.43. The monoisotopic (exact) mass is 349 g/mol. The Morgan fingerprint density at radius 1 is 1.29 bits per heavy atom. The van der Waals surface area contributed by atoms with Gasteiger partial charge in [-0.15, -0.1) is 10.2 Å². The third-order valence-corrected chi connectivity index (χ3v) is 3.82. The summed E-state index contributed by atoms with van der Waals surface area (Å²) in [5.41, 5.74) is 1.46. The number of nitrogens with zero attached hydrogens (tertiary/aromatic N) is 3. The van der Waals surface area contributed by atoms with E-state index in [0.29, 0.717) is 27.1 Å². The van der Waals surface area contributed by atoms with Gasteiger partial charge in [0.2, 0.25) is 0 Å². The standard InChI is InChI=1S/C14H9BrFN3O2/c1-21-14(20)8-5-6-11-17-18-13(19(11)7-8)9-3-2-4-10(16)12(9)15/h2-7H,1H3. The Morgan fingerprint density at radius 2 is 2.10 bits per heavy atom. The average Bonchev–Trinajstić information content (AvgIpc) is 2.92. The van der Waals surface area contributed by atoms with E-state index >= 15 is 0 Å². The second kappa shape index (κ2) is 5.25. The van der Waals surface area contributed by atoms with Crippen molar-refractivity contribution in [3.8, 4) is 11.4 Å². The zero-order valence-corrected chi connectivity index (χ0v) is 12.5. The number of esters is 1. The summed E-state index contributed by atoms with van der Waals surface area (Å²) in [4.78, 5) is 11.6. The number of carbonyl (C=O) groups excluding carboxylic acids is 1. The highest BCUT2D eigenvalue weighted by molar-refractivity contribution is 9.10. The van der Waals surface area contributed by atoms with E-state index in [-0.39, 0.29) is 0 Å². The molecule has 2 heterocycles. The van der Waals surface area contributed by atoms with Gasteiger partial charge in [-0.1, -0.05) is 6.07 Å². The van der Waals surface area contributed by atoms with Crippen molar-refractivity contribution >= 4 is 27.5 Å². The van der Waals surface area contributed by atoms with Crippen molar-refractivity contribution in [3.05, 3.63) is 52.4 Å². The van der Waals surface area contributed by atoms with Crippen LogP contribution in [-0.4, -0.2) is 27.7 Å². The van der Waals surface area contributed by atoms with Crippen molar-refractivity contribution in [1.29, 1.82) is 0 Å². The molecular weight excluding hydrogens is 341 g/mol. The minimum Gasteiger partial charge on any atom is -0.465 e. The van der Waals surface area contributed by atoms with Crippen molar-refractivity contribution in [3.63, 3.8) is 0 Å². The van der Waals surface area contributed by atoms with Crippen molar-refractivity contribution in [1.82, 2.24) is 14.6 Å². The molecule has 0 atom stereocenters. The topological polar surface area (TPSA) is 56.5 Å². The van der Waals surface area contributed by atoms with E-state index in [4.69, 9.17) is 0 Å². The van der Waals surface area contributed by atoms with Gasteiger partial charge in [0.1, 0.15) is 5.82 Å². The fraction of sp³-hybridized carbons (Fsp3) is 0.0714. The normalized spacial score (nSPS) is 10.8. The smallest absolute Gasteiger partial charge is 0.339 e. The number of benzene rings is 1. The molecule has 5 nitrogen and oxygen atoms in total. The van der Waals surface area contributed by atoms with E-state index in [9.17, 15) is 9.18 Å². The van der Waals surface area contributed by atoms with Gasteiger partial charge in [-0.05, 0) is 40.2 Å². The van der Waals surface area contributed by atoms with Crippen LogP contribution in [0.1, 0.15) is 10.4 Å². The predicted octanol–water partition coefficient (Wildman–Crippen LogP) is 3.08. The number of fused-ring (bicyclic) bond motifs is 1. The second-order valence-corrected chi connectivity index (χ2v) is 5.06. The molecule has 2 aromatic heterocycles. The van der Waals surface area contributed by atoms with Gasteiger partial charge in [0.25, 0.3) is 0 Å². The molecule has 0 spiro atoms. The van der Waals surface area contributed by atoms with E-state index in [1.54, 1.807) is 34.9 Å². The number of ether oxygens (including phenoxy) is 1. The largest absolute Gasteiger partial charge is 0.465 e. The van der Waals surface area contributed by atoms with Crippen LogP contribution in [0.15, 0.2) is 41.0 Å². The van der Waals surface area contributed by atoms with Crippen molar-refractivity contribution in [2.45, 2.75) is 0 Å². The molecule has 0 amide bonds. The predicted molar refractivity (Wildman–Crippen MR) is 77.4 cm³/mol. The van der Waals surface area contributed by atoms with Crippen LogP contribution in [0.25, 0.3) is 17.0 Å². The van der Waals surface area contributed by atoms with Gasteiger partial charge in [0.05, 0.1) is 17.1 Å². The Hall–Kier alpha value is -2.28. The quantitative estimate of drug-likeness (QED) is 0.667. The molecule has 0 aliphatic heterocycles. The maximum Gasteiger partial charge on any atom is 0.339 e. The van der Waals surface area contributed by atoms with Crippen LogP contribution in [0.5, 0.6) is 0 Å². The lowest BCUT2D eigenvalue weighted by atomic mass is 10.2. The second-order valence-electron chi connectivity index (χ2n) is 4.26. The number of pyridine rings is 1. The Morgan fingerprint density at radius 3 is 2.86 bits per heavy atom. The molecule has 21 heavy (non-hydrogen) atoms. The highest BCUT2D eigenvalue weighted by atomic mass is 79.9. The molecule has 0 unspecified atom stereocenters. The number of halogens is 2. The molecule has 0 fully saturated rings. The van der Waals surface area contributed by atoms with Crippen molar-refractivity contribution < 1.29 is 13.9 Å². The maximum absolute atomic E-state index is 13.7. The van der Waals surface area contributed by atoms with Crippen LogP contribution in [0.3, 0.4) is 0 Å². The third kappa shape index (κ3) is 2.29. The van der Waals surface area contributed by atoms with Crippen LogP contribution in [0, 0.1) is 5.82 Å². The Labute approximate surface area is 127 Å². The lowest BCUT2D eigenvalue weighted by Gasteiger charge is -2.05. The van der Waals surface area contributed by atoms with Gasteiger partial charge in [-0.3, -0.25) is 4.40 Å². The van der Waals surface area contributed by atoms with Gasteiger partial charge < -0.3 is 4.74 Å². The number of carbonyl (C=O) groups is 1. The highest BCUT2D eigenvalue weighted by Crippen LogP contribution is 2.29. The molecule has 1 aromatic carbocycles. The molecule has 106 valence electrons. The molecule has 3 aromatic rings. The number of aromatic nitrogens is 3. The lowest BCUT2D eigenvalue weighted by Crippen LogP contribution is -2.03. The number of hydrogen-bond acceptors (Lipinski definition) is 4. The molecule has 0 aliphatic carbocycles. The summed E-state index contributed by atoms with van der Waals surface area (Å²) in [6, 6.07) is 7.89. The van der Waals surface area contributed by atoms with E-state index in [1.165, 1.54) is 13.2 Å². The van der Waals surface area contributed by atoms with Gasteiger partial charge in [-0.25, -0.2) is 9.18 Å². The van der Waals surface area contributed by atoms with Crippen LogP contribution < -0.4 is 0 Å². The maximum atomic E-state index is 13.7. The zero-order chi connectivity index (χ0) is 15.0. The number of methoxy groups -OCH3 is 1. The summed E-state index contributed by atoms with van der Waals surface area (Å²) in [7, 11) is 1.31. The number of hydrogen-bond donors (Lipinski definition) is 0. The molecular formula is C14H9BrFN3O2. The molecule has 0 saturated carbocycles. The summed E-state index contributed by atoms with van der Waals surface area (Å²) in [5.74, 6) is -0.426. The first kappa shape index (κ1) is 13.7. The van der Waals surface area contributed by atoms with Crippen molar-refractivity contribution in [2.24, 2.45) is 0 Å². The molecule has 7 heteroatoms. The van der Waals surface area contributed by atoms with E-state index < -0.39 is 11.8 Å².